The molecule has 1 unspecified atom stereocenters. The molecule has 0 rings (SSSR count). The largest absolute Gasteiger partial charge is 0.445 e. The summed E-state index contributed by atoms with van der Waals surface area (Å²) in [5.74, 6) is 5.83. The maximum absolute atomic E-state index is 12.0. The van der Waals surface area contributed by atoms with E-state index in [0.717, 1.165) is 6.42 Å². The summed E-state index contributed by atoms with van der Waals surface area (Å²) in [5, 5.41) is 0. The molecular weight excluding hydrogens is 200 g/mol. The summed E-state index contributed by atoms with van der Waals surface area (Å²) in [6, 6.07) is 0. The molecule has 92 valence electrons. The average molecular weight is 224 g/mol. The molecule has 0 N–H and O–H groups in total. The van der Waals surface area contributed by atoms with Gasteiger partial charge in [0.15, 0.2) is 5.60 Å². The lowest BCUT2D eigenvalue weighted by Gasteiger charge is -2.32. The Balaban J connectivity index is 4.91. The second-order valence-electron chi connectivity index (χ2n) is 5.26. The van der Waals surface area contributed by atoms with E-state index in [-0.39, 0.29) is 11.9 Å². The second-order valence-corrected chi connectivity index (χ2v) is 5.26. The molecular formula is C14H24O2. The number of carbonyl (C=O) groups excluding carboxylic acids is 1. The molecule has 0 aromatic rings. The molecule has 2 heteroatoms. The number of hydrogen-bond donors (Lipinski definition) is 0. The highest BCUT2D eigenvalue weighted by molar-refractivity contribution is 5.76. The Kier molecular flexibility index (Phi) is 5.06. The van der Waals surface area contributed by atoms with Crippen molar-refractivity contribution >= 4 is 5.97 Å². The van der Waals surface area contributed by atoms with Gasteiger partial charge in [-0.25, -0.2) is 0 Å². The lowest BCUT2D eigenvalue weighted by molar-refractivity contribution is -0.167. The summed E-state index contributed by atoms with van der Waals surface area (Å²) >= 11 is 0. The zero-order valence-electron chi connectivity index (χ0n) is 11.6. The van der Waals surface area contributed by atoms with Crippen LogP contribution in [0.4, 0.5) is 0 Å². The van der Waals surface area contributed by atoms with Crippen molar-refractivity contribution in [1.29, 1.82) is 0 Å². The molecule has 0 saturated heterocycles. The molecule has 0 aromatic heterocycles. The average Bonchev–Trinajstić information content (AvgIpc) is 2.17. The van der Waals surface area contributed by atoms with E-state index in [0.29, 0.717) is 0 Å². The van der Waals surface area contributed by atoms with Crippen LogP contribution < -0.4 is 0 Å². The van der Waals surface area contributed by atoms with Gasteiger partial charge in [-0.2, -0.15) is 0 Å². The van der Waals surface area contributed by atoms with Crippen LogP contribution in [-0.2, 0) is 9.53 Å². The van der Waals surface area contributed by atoms with Crippen molar-refractivity contribution in [1.82, 2.24) is 0 Å². The number of esters is 1. The normalized spacial score (nSPS) is 15.0. The molecule has 0 aromatic carbocycles. The van der Waals surface area contributed by atoms with E-state index in [9.17, 15) is 4.79 Å². The van der Waals surface area contributed by atoms with E-state index in [2.05, 4.69) is 11.8 Å². The Morgan fingerprint density at radius 3 is 2.12 bits per heavy atom. The summed E-state index contributed by atoms with van der Waals surface area (Å²) in [6.45, 7) is 13.4. The predicted molar refractivity (Wildman–Crippen MR) is 66.9 cm³/mol. The number of carbonyl (C=O) groups is 1. The number of hydrogen-bond acceptors (Lipinski definition) is 2. The molecule has 0 radical (unpaired) electrons. The first-order valence-electron chi connectivity index (χ1n) is 5.87. The SMILES string of the molecule is CC#CC(C)(OC(=O)C(C)(C)CC)C(C)C. The van der Waals surface area contributed by atoms with Gasteiger partial charge in [0.25, 0.3) is 0 Å². The highest BCUT2D eigenvalue weighted by Crippen LogP contribution is 2.28. The van der Waals surface area contributed by atoms with Gasteiger partial charge >= 0.3 is 5.97 Å². The van der Waals surface area contributed by atoms with Crippen molar-refractivity contribution < 1.29 is 9.53 Å². The zero-order valence-corrected chi connectivity index (χ0v) is 11.6. The third kappa shape index (κ3) is 3.56. The van der Waals surface area contributed by atoms with E-state index < -0.39 is 11.0 Å². The van der Waals surface area contributed by atoms with Gasteiger partial charge < -0.3 is 4.74 Å². The summed E-state index contributed by atoms with van der Waals surface area (Å²) < 4.78 is 5.58. The van der Waals surface area contributed by atoms with Crippen LogP contribution in [0.25, 0.3) is 0 Å². The Morgan fingerprint density at radius 2 is 1.81 bits per heavy atom. The van der Waals surface area contributed by atoms with E-state index in [1.54, 1.807) is 6.92 Å². The van der Waals surface area contributed by atoms with E-state index in [1.165, 1.54) is 0 Å². The van der Waals surface area contributed by atoms with Crippen molar-refractivity contribution in [3.05, 3.63) is 0 Å². The summed E-state index contributed by atoms with van der Waals surface area (Å²) in [5.41, 5.74) is -1.12. The van der Waals surface area contributed by atoms with Gasteiger partial charge in [-0.05, 0) is 34.1 Å². The van der Waals surface area contributed by atoms with Crippen LogP contribution in [0, 0.1) is 23.2 Å². The van der Waals surface area contributed by atoms with Crippen LogP contribution in [-0.4, -0.2) is 11.6 Å². The fourth-order valence-electron chi connectivity index (χ4n) is 1.01. The predicted octanol–water partition coefficient (Wildman–Crippen LogP) is 3.40. The Labute approximate surface area is 99.8 Å². The maximum Gasteiger partial charge on any atom is 0.313 e. The molecule has 0 aliphatic heterocycles. The second kappa shape index (κ2) is 5.39. The molecule has 1 atom stereocenters. The van der Waals surface area contributed by atoms with Gasteiger partial charge in [-0.15, -0.1) is 5.92 Å². The lowest BCUT2D eigenvalue weighted by Crippen LogP contribution is -2.40. The first-order chi connectivity index (χ1) is 7.19. The molecule has 0 fully saturated rings. The van der Waals surface area contributed by atoms with Gasteiger partial charge in [0.1, 0.15) is 0 Å². The van der Waals surface area contributed by atoms with Crippen molar-refractivity contribution in [2.45, 2.75) is 60.5 Å². The Bertz CT molecular complexity index is 304. The van der Waals surface area contributed by atoms with Gasteiger partial charge in [-0.1, -0.05) is 26.7 Å². The van der Waals surface area contributed by atoms with Crippen LogP contribution in [0.1, 0.15) is 54.9 Å². The molecule has 0 saturated carbocycles. The minimum absolute atomic E-state index is 0.172. The van der Waals surface area contributed by atoms with Gasteiger partial charge in [0.05, 0.1) is 5.41 Å². The number of ether oxygens (including phenoxy) is 1. The summed E-state index contributed by atoms with van der Waals surface area (Å²) in [6.07, 6.45) is 0.763. The smallest absolute Gasteiger partial charge is 0.313 e. The first-order valence-corrected chi connectivity index (χ1v) is 5.87. The molecule has 0 amide bonds. The van der Waals surface area contributed by atoms with Gasteiger partial charge in [0.2, 0.25) is 0 Å². The van der Waals surface area contributed by atoms with Crippen LogP contribution >= 0.6 is 0 Å². The zero-order chi connectivity index (χ0) is 13.0. The van der Waals surface area contributed by atoms with Crippen LogP contribution in [0.5, 0.6) is 0 Å². The van der Waals surface area contributed by atoms with Crippen LogP contribution in [0.2, 0.25) is 0 Å². The van der Waals surface area contributed by atoms with E-state index in [1.807, 2.05) is 41.5 Å². The quantitative estimate of drug-likeness (QED) is 0.540. The van der Waals surface area contributed by atoms with E-state index >= 15 is 0 Å². The fourth-order valence-corrected chi connectivity index (χ4v) is 1.01. The van der Waals surface area contributed by atoms with Crippen molar-refractivity contribution in [3.8, 4) is 11.8 Å². The minimum Gasteiger partial charge on any atom is -0.445 e. The van der Waals surface area contributed by atoms with Crippen molar-refractivity contribution in [2.24, 2.45) is 11.3 Å². The highest BCUT2D eigenvalue weighted by atomic mass is 16.6. The molecule has 0 aliphatic carbocycles. The summed E-state index contributed by atoms with van der Waals surface area (Å²) in [7, 11) is 0. The third-order valence-corrected chi connectivity index (χ3v) is 3.22. The molecule has 2 nitrogen and oxygen atoms in total. The molecule has 0 heterocycles. The molecule has 0 aliphatic rings. The molecule has 0 bridgehead atoms. The Morgan fingerprint density at radius 1 is 1.31 bits per heavy atom. The topological polar surface area (TPSA) is 26.3 Å². The van der Waals surface area contributed by atoms with Crippen LogP contribution in [0.15, 0.2) is 0 Å². The molecule has 0 spiro atoms. The first kappa shape index (κ1) is 15.0. The summed E-state index contributed by atoms with van der Waals surface area (Å²) in [4.78, 5) is 12.0. The van der Waals surface area contributed by atoms with E-state index in [4.69, 9.17) is 4.74 Å². The minimum atomic E-state index is -0.682. The molecule has 16 heavy (non-hydrogen) atoms. The monoisotopic (exact) mass is 224 g/mol. The third-order valence-electron chi connectivity index (χ3n) is 3.22. The fraction of sp³-hybridized carbons (Fsp3) is 0.786. The van der Waals surface area contributed by atoms with Crippen molar-refractivity contribution in [2.75, 3.05) is 0 Å². The number of rotatable bonds is 4. The highest BCUT2D eigenvalue weighted by Gasteiger charge is 2.36. The van der Waals surface area contributed by atoms with Crippen molar-refractivity contribution in [3.63, 3.8) is 0 Å². The van der Waals surface area contributed by atoms with Crippen LogP contribution in [0.3, 0.4) is 0 Å². The maximum atomic E-state index is 12.0. The van der Waals surface area contributed by atoms with Gasteiger partial charge in [-0.3, -0.25) is 4.79 Å². The van der Waals surface area contributed by atoms with Gasteiger partial charge in [0, 0.05) is 5.92 Å². The standard InChI is InChI=1S/C14H24O2/c1-8-10-14(7,11(3)4)16-12(15)13(5,6)9-2/h11H,9H2,1-7H3. The Hall–Kier alpha value is -0.970. The lowest BCUT2D eigenvalue weighted by atomic mass is 9.88.